The minimum atomic E-state index is 0.129. The van der Waals surface area contributed by atoms with Crippen LogP contribution in [0.2, 0.25) is 0 Å². The number of nitrogens with one attached hydrogen (secondary N) is 1. The molecule has 0 aliphatic carbocycles. The minimum absolute atomic E-state index is 0.129. The lowest BCUT2D eigenvalue weighted by molar-refractivity contribution is 0.0960. The number of benzene rings is 1. The first kappa shape index (κ1) is 11.7. The molecule has 3 nitrogen and oxygen atoms in total. The predicted molar refractivity (Wildman–Crippen MR) is 68.8 cm³/mol. The van der Waals surface area contributed by atoms with E-state index in [1.165, 1.54) is 12.0 Å². The quantitative estimate of drug-likeness (QED) is 0.882. The van der Waals surface area contributed by atoms with Crippen LogP contribution in [0.15, 0.2) is 30.3 Å². The number of nitrogens with zero attached hydrogens (tertiary/aromatic N) is 1. The summed E-state index contributed by atoms with van der Waals surface area (Å²) >= 11 is 0. The zero-order valence-corrected chi connectivity index (χ0v) is 10.4. The molecule has 2 aliphatic heterocycles. The molecule has 0 spiro atoms. The van der Waals surface area contributed by atoms with Gasteiger partial charge in [0.2, 0.25) is 0 Å². The predicted octanol–water partition coefficient (Wildman–Crippen LogP) is 2.55. The van der Waals surface area contributed by atoms with Gasteiger partial charge in [0.25, 0.3) is 0 Å². The molecule has 0 saturated carbocycles. The van der Waals surface area contributed by atoms with E-state index >= 15 is 0 Å². The van der Waals surface area contributed by atoms with Crippen LogP contribution in [0.4, 0.5) is 0 Å². The largest absolute Gasteiger partial charge is 0.373 e. The highest BCUT2D eigenvalue weighted by Crippen LogP contribution is 2.35. The second-order valence-electron chi connectivity index (χ2n) is 5.21. The fourth-order valence-electron chi connectivity index (χ4n) is 3.12. The normalized spacial score (nSPS) is 31.2. The van der Waals surface area contributed by atoms with Crippen LogP contribution in [-0.4, -0.2) is 18.2 Å². The second-order valence-corrected chi connectivity index (χ2v) is 5.21. The summed E-state index contributed by atoms with van der Waals surface area (Å²) in [4.78, 5) is 0. The number of fused-ring (bicyclic) bond motifs is 2. The van der Waals surface area contributed by atoms with Crippen LogP contribution in [-0.2, 0) is 4.74 Å². The molecule has 1 aromatic rings. The van der Waals surface area contributed by atoms with Crippen LogP contribution in [0.1, 0.15) is 37.3 Å². The maximum absolute atomic E-state index is 8.98. The third-order valence-corrected chi connectivity index (χ3v) is 4.02. The van der Waals surface area contributed by atoms with Gasteiger partial charge in [-0.15, -0.1) is 0 Å². The Morgan fingerprint density at radius 3 is 2.78 bits per heavy atom. The van der Waals surface area contributed by atoms with Crippen molar-refractivity contribution >= 4 is 0 Å². The van der Waals surface area contributed by atoms with E-state index in [0.29, 0.717) is 24.7 Å². The van der Waals surface area contributed by atoms with Crippen LogP contribution in [0, 0.1) is 11.3 Å². The van der Waals surface area contributed by atoms with Gasteiger partial charge in [-0.1, -0.05) is 30.3 Å². The Balaban J connectivity index is 1.70. The smallest absolute Gasteiger partial charge is 0.0733 e. The lowest BCUT2D eigenvalue weighted by atomic mass is 9.93. The summed E-state index contributed by atoms with van der Waals surface area (Å²) in [6, 6.07) is 13.1. The van der Waals surface area contributed by atoms with Crippen molar-refractivity contribution in [2.45, 2.75) is 50.0 Å². The van der Waals surface area contributed by atoms with Gasteiger partial charge in [0.15, 0.2) is 0 Å². The van der Waals surface area contributed by atoms with Crippen molar-refractivity contribution in [1.29, 1.82) is 5.26 Å². The molecule has 2 bridgehead atoms. The van der Waals surface area contributed by atoms with Crippen molar-refractivity contribution < 1.29 is 4.74 Å². The summed E-state index contributed by atoms with van der Waals surface area (Å²) < 4.78 is 5.85. The molecular formula is C15H18N2O. The number of hydrogen-bond donors (Lipinski definition) is 1. The average Bonchev–Trinajstić information content (AvgIpc) is 3.01. The topological polar surface area (TPSA) is 45.0 Å². The van der Waals surface area contributed by atoms with Crippen LogP contribution >= 0.6 is 0 Å². The summed E-state index contributed by atoms with van der Waals surface area (Å²) in [5, 5.41) is 12.6. The van der Waals surface area contributed by atoms with Gasteiger partial charge in [0, 0.05) is 12.1 Å². The Morgan fingerprint density at radius 1 is 1.33 bits per heavy atom. The van der Waals surface area contributed by atoms with E-state index in [4.69, 9.17) is 10.00 Å². The average molecular weight is 242 g/mol. The number of rotatable bonds is 4. The Hall–Kier alpha value is -1.37. The summed E-state index contributed by atoms with van der Waals surface area (Å²) in [7, 11) is 0. The molecule has 3 heteroatoms. The monoisotopic (exact) mass is 242 g/mol. The molecule has 94 valence electrons. The Labute approximate surface area is 108 Å². The van der Waals surface area contributed by atoms with Crippen molar-refractivity contribution in [2.75, 3.05) is 0 Å². The van der Waals surface area contributed by atoms with E-state index in [0.717, 1.165) is 12.8 Å². The van der Waals surface area contributed by atoms with Gasteiger partial charge in [-0.05, 0) is 24.8 Å². The van der Waals surface area contributed by atoms with Crippen molar-refractivity contribution in [3.8, 4) is 6.07 Å². The zero-order chi connectivity index (χ0) is 12.4. The van der Waals surface area contributed by atoms with E-state index < -0.39 is 0 Å². The summed E-state index contributed by atoms with van der Waals surface area (Å²) in [5.41, 5.74) is 1.20. The molecule has 0 aromatic heterocycles. The minimum Gasteiger partial charge on any atom is -0.373 e. The van der Waals surface area contributed by atoms with Gasteiger partial charge < -0.3 is 10.1 Å². The van der Waals surface area contributed by atoms with Crippen molar-refractivity contribution in [3.05, 3.63) is 35.9 Å². The number of hydrogen-bond acceptors (Lipinski definition) is 3. The van der Waals surface area contributed by atoms with Crippen LogP contribution < -0.4 is 5.32 Å². The molecule has 4 atom stereocenters. The summed E-state index contributed by atoms with van der Waals surface area (Å²) in [6.07, 6.45) is 4.79. The van der Waals surface area contributed by atoms with E-state index in [-0.39, 0.29) is 6.04 Å². The Morgan fingerprint density at radius 2 is 2.17 bits per heavy atom. The molecule has 2 aliphatic rings. The molecular weight excluding hydrogens is 224 g/mol. The van der Waals surface area contributed by atoms with Gasteiger partial charge in [-0.3, -0.25) is 0 Å². The first-order valence-corrected chi connectivity index (χ1v) is 6.70. The van der Waals surface area contributed by atoms with Gasteiger partial charge in [-0.25, -0.2) is 0 Å². The zero-order valence-electron chi connectivity index (χ0n) is 10.4. The molecule has 0 amide bonds. The Bertz CT molecular complexity index is 440. The maximum Gasteiger partial charge on any atom is 0.0733 e. The summed E-state index contributed by atoms with van der Waals surface area (Å²) in [6.45, 7) is 0. The fourth-order valence-corrected chi connectivity index (χ4v) is 3.12. The SMILES string of the molecule is N#CCC(NC1CC2CCC1O2)c1ccccc1. The highest BCUT2D eigenvalue weighted by Gasteiger charge is 2.41. The van der Waals surface area contributed by atoms with E-state index in [1.54, 1.807) is 0 Å². The lowest BCUT2D eigenvalue weighted by Gasteiger charge is -2.25. The third kappa shape index (κ3) is 2.27. The standard InChI is InChI=1S/C15H18N2O/c16-9-8-13(11-4-2-1-3-5-11)17-14-10-12-6-7-15(14)18-12/h1-5,12-15,17H,6-8,10H2. The first-order chi connectivity index (χ1) is 8.86. The van der Waals surface area contributed by atoms with Gasteiger partial charge in [0.1, 0.15) is 0 Å². The third-order valence-electron chi connectivity index (χ3n) is 4.02. The molecule has 2 heterocycles. The lowest BCUT2D eigenvalue weighted by Crippen LogP contribution is -2.39. The molecule has 1 N–H and O–H groups in total. The highest BCUT2D eigenvalue weighted by molar-refractivity contribution is 5.20. The fraction of sp³-hybridized carbons (Fsp3) is 0.533. The molecule has 0 radical (unpaired) electrons. The summed E-state index contributed by atoms with van der Waals surface area (Å²) in [5.74, 6) is 0. The first-order valence-electron chi connectivity index (χ1n) is 6.70. The molecule has 18 heavy (non-hydrogen) atoms. The van der Waals surface area contributed by atoms with Crippen molar-refractivity contribution in [3.63, 3.8) is 0 Å². The van der Waals surface area contributed by atoms with Crippen LogP contribution in [0.5, 0.6) is 0 Å². The maximum atomic E-state index is 8.98. The van der Waals surface area contributed by atoms with Gasteiger partial charge >= 0.3 is 0 Å². The Kier molecular flexibility index (Phi) is 3.31. The van der Waals surface area contributed by atoms with E-state index in [9.17, 15) is 0 Å². The van der Waals surface area contributed by atoms with E-state index in [1.807, 2.05) is 18.2 Å². The molecule has 3 rings (SSSR count). The van der Waals surface area contributed by atoms with Crippen LogP contribution in [0.3, 0.4) is 0 Å². The van der Waals surface area contributed by atoms with Crippen molar-refractivity contribution in [1.82, 2.24) is 5.32 Å². The second kappa shape index (κ2) is 5.09. The van der Waals surface area contributed by atoms with Gasteiger partial charge in [-0.2, -0.15) is 5.26 Å². The number of nitriles is 1. The van der Waals surface area contributed by atoms with E-state index in [2.05, 4.69) is 23.5 Å². The molecule has 1 aromatic carbocycles. The highest BCUT2D eigenvalue weighted by atomic mass is 16.5. The number of ether oxygens (including phenoxy) is 1. The van der Waals surface area contributed by atoms with Gasteiger partial charge in [0.05, 0.1) is 24.7 Å². The molecule has 4 unspecified atom stereocenters. The van der Waals surface area contributed by atoms with Crippen molar-refractivity contribution in [2.24, 2.45) is 0 Å². The molecule has 2 fully saturated rings. The van der Waals surface area contributed by atoms with Crippen LogP contribution in [0.25, 0.3) is 0 Å². The molecule has 2 saturated heterocycles.